The zero-order valence-electron chi connectivity index (χ0n) is 13.2. The van der Waals surface area contributed by atoms with Gasteiger partial charge in [0, 0.05) is 17.8 Å². The maximum Gasteiger partial charge on any atom is 0.319 e. The van der Waals surface area contributed by atoms with E-state index < -0.39 is 0 Å². The number of benzene rings is 1. The highest BCUT2D eigenvalue weighted by Gasteiger charge is 2.24. The first kappa shape index (κ1) is 15.8. The summed E-state index contributed by atoms with van der Waals surface area (Å²) in [6.45, 7) is 6.46. The summed E-state index contributed by atoms with van der Waals surface area (Å²) in [5.74, 6) is 1.37. The lowest BCUT2D eigenvalue weighted by Crippen LogP contribution is -2.42. The van der Waals surface area contributed by atoms with Crippen molar-refractivity contribution in [3.05, 3.63) is 29.8 Å². The van der Waals surface area contributed by atoms with Gasteiger partial charge in [0.1, 0.15) is 0 Å². The molecule has 1 aliphatic carbocycles. The summed E-state index contributed by atoms with van der Waals surface area (Å²) in [6.07, 6.45) is 3.40. The van der Waals surface area contributed by atoms with Crippen LogP contribution < -0.4 is 16.4 Å². The Bertz CT molecular complexity index is 459. The van der Waals surface area contributed by atoms with Crippen LogP contribution in [0.15, 0.2) is 24.3 Å². The quantitative estimate of drug-likeness (QED) is 0.795. The van der Waals surface area contributed by atoms with Gasteiger partial charge in [0.05, 0.1) is 0 Å². The number of carbonyl (C=O) groups is 1. The third-order valence-corrected chi connectivity index (χ3v) is 4.21. The molecule has 0 aromatic heterocycles. The molecule has 2 rings (SSSR count). The smallest absolute Gasteiger partial charge is 0.319 e. The predicted octanol–water partition coefficient (Wildman–Crippen LogP) is 3.65. The average Bonchev–Trinajstić information content (AvgIpc) is 2.37. The normalized spacial score (nSPS) is 27.0. The van der Waals surface area contributed by atoms with Gasteiger partial charge < -0.3 is 16.4 Å². The van der Waals surface area contributed by atoms with Crippen molar-refractivity contribution in [1.82, 2.24) is 5.32 Å². The van der Waals surface area contributed by atoms with Crippen molar-refractivity contribution in [2.75, 3.05) is 5.32 Å². The Labute approximate surface area is 127 Å². The molecule has 0 radical (unpaired) electrons. The molecule has 21 heavy (non-hydrogen) atoms. The fraction of sp³-hybridized carbons (Fsp3) is 0.588. The van der Waals surface area contributed by atoms with Crippen LogP contribution in [-0.4, -0.2) is 12.1 Å². The number of anilines is 1. The van der Waals surface area contributed by atoms with E-state index >= 15 is 0 Å². The van der Waals surface area contributed by atoms with Crippen molar-refractivity contribution in [1.29, 1.82) is 0 Å². The molecular formula is C17H27N3O. The summed E-state index contributed by atoms with van der Waals surface area (Å²) in [6, 6.07) is 7.87. The highest BCUT2D eigenvalue weighted by Crippen LogP contribution is 2.28. The first-order valence-electron chi connectivity index (χ1n) is 7.87. The van der Waals surface area contributed by atoms with E-state index in [2.05, 4.69) is 24.5 Å². The molecule has 1 aromatic rings. The second kappa shape index (κ2) is 6.94. The number of rotatable bonds is 3. The minimum Gasteiger partial charge on any atom is -0.335 e. The van der Waals surface area contributed by atoms with Crippen molar-refractivity contribution in [2.45, 2.75) is 52.1 Å². The van der Waals surface area contributed by atoms with Crippen molar-refractivity contribution >= 4 is 11.7 Å². The molecule has 1 saturated carbocycles. The van der Waals surface area contributed by atoms with Gasteiger partial charge in [-0.15, -0.1) is 0 Å². The Morgan fingerprint density at radius 2 is 1.71 bits per heavy atom. The lowest BCUT2D eigenvalue weighted by Gasteiger charge is -2.31. The monoisotopic (exact) mass is 289 g/mol. The predicted molar refractivity (Wildman–Crippen MR) is 87.2 cm³/mol. The van der Waals surface area contributed by atoms with Gasteiger partial charge in [-0.1, -0.05) is 26.0 Å². The number of nitrogens with one attached hydrogen (secondary N) is 2. The molecule has 0 spiro atoms. The number of urea groups is 1. The summed E-state index contributed by atoms with van der Waals surface area (Å²) in [5.41, 5.74) is 7.68. The number of hydrogen-bond donors (Lipinski definition) is 3. The molecule has 0 bridgehead atoms. The molecule has 1 fully saturated rings. The third-order valence-electron chi connectivity index (χ3n) is 4.21. The highest BCUT2D eigenvalue weighted by molar-refractivity contribution is 5.89. The molecule has 4 nitrogen and oxygen atoms in total. The molecule has 0 heterocycles. The van der Waals surface area contributed by atoms with Crippen LogP contribution >= 0.6 is 0 Å². The number of hydrogen-bond acceptors (Lipinski definition) is 2. The van der Waals surface area contributed by atoms with E-state index in [1.54, 1.807) is 0 Å². The standard InChI is InChI=1S/C17H27N3O/c1-11-8-12(2)10-16(9-11)20-17(21)19-15-6-4-14(5-7-15)13(3)18/h4-7,11-13,16H,8-10,18H2,1-3H3,(H2,19,20,21). The lowest BCUT2D eigenvalue weighted by molar-refractivity contribution is 0.222. The van der Waals surface area contributed by atoms with E-state index in [1.807, 2.05) is 31.2 Å². The molecule has 0 aliphatic heterocycles. The first-order valence-corrected chi connectivity index (χ1v) is 7.87. The number of amides is 2. The second-order valence-electron chi connectivity index (χ2n) is 6.62. The summed E-state index contributed by atoms with van der Waals surface area (Å²) in [7, 11) is 0. The zero-order chi connectivity index (χ0) is 15.4. The molecule has 2 amide bonds. The van der Waals surface area contributed by atoms with Gasteiger partial charge in [-0.25, -0.2) is 4.79 Å². The Morgan fingerprint density at radius 1 is 1.14 bits per heavy atom. The van der Waals surface area contributed by atoms with Crippen LogP contribution in [0.4, 0.5) is 10.5 Å². The maximum atomic E-state index is 12.1. The zero-order valence-corrected chi connectivity index (χ0v) is 13.2. The molecule has 4 N–H and O–H groups in total. The lowest BCUT2D eigenvalue weighted by atomic mass is 9.80. The molecule has 0 saturated heterocycles. The third kappa shape index (κ3) is 4.74. The van der Waals surface area contributed by atoms with Gasteiger partial charge in [-0.05, 0) is 55.7 Å². The number of nitrogens with two attached hydrogens (primary N) is 1. The molecule has 1 aromatic carbocycles. The molecular weight excluding hydrogens is 262 g/mol. The van der Waals surface area contributed by atoms with E-state index in [1.165, 1.54) is 6.42 Å². The largest absolute Gasteiger partial charge is 0.335 e. The molecule has 1 aliphatic rings. The van der Waals surface area contributed by atoms with Crippen molar-refractivity contribution < 1.29 is 4.79 Å². The van der Waals surface area contributed by atoms with Gasteiger partial charge in [0.2, 0.25) is 0 Å². The van der Waals surface area contributed by atoms with Crippen LogP contribution in [0.25, 0.3) is 0 Å². The molecule has 3 unspecified atom stereocenters. The number of carbonyl (C=O) groups excluding carboxylic acids is 1. The van der Waals surface area contributed by atoms with E-state index in [4.69, 9.17) is 5.73 Å². The van der Waals surface area contributed by atoms with E-state index in [0.717, 1.165) is 24.1 Å². The van der Waals surface area contributed by atoms with E-state index in [-0.39, 0.29) is 18.1 Å². The second-order valence-corrected chi connectivity index (χ2v) is 6.62. The SMILES string of the molecule is CC1CC(C)CC(NC(=O)Nc2ccc(C(C)N)cc2)C1. The van der Waals surface area contributed by atoms with E-state index in [0.29, 0.717) is 11.8 Å². The Kier molecular flexibility index (Phi) is 5.23. The van der Waals surface area contributed by atoms with Crippen LogP contribution in [0.1, 0.15) is 51.6 Å². The molecule has 116 valence electrons. The van der Waals surface area contributed by atoms with Gasteiger partial charge in [-0.3, -0.25) is 0 Å². The van der Waals surface area contributed by atoms with Crippen LogP contribution in [0.3, 0.4) is 0 Å². The van der Waals surface area contributed by atoms with Gasteiger partial charge >= 0.3 is 6.03 Å². The van der Waals surface area contributed by atoms with Crippen LogP contribution in [-0.2, 0) is 0 Å². The average molecular weight is 289 g/mol. The minimum atomic E-state index is -0.116. The highest BCUT2D eigenvalue weighted by atomic mass is 16.2. The fourth-order valence-electron chi connectivity index (χ4n) is 3.29. The topological polar surface area (TPSA) is 67.2 Å². The van der Waals surface area contributed by atoms with Crippen LogP contribution in [0.5, 0.6) is 0 Å². The molecule has 3 atom stereocenters. The minimum absolute atomic E-state index is 0.0121. The van der Waals surface area contributed by atoms with Gasteiger partial charge in [-0.2, -0.15) is 0 Å². The molecule has 4 heteroatoms. The van der Waals surface area contributed by atoms with Crippen molar-refractivity contribution in [2.24, 2.45) is 17.6 Å². The van der Waals surface area contributed by atoms with Crippen LogP contribution in [0, 0.1) is 11.8 Å². The van der Waals surface area contributed by atoms with Gasteiger partial charge in [0.15, 0.2) is 0 Å². The van der Waals surface area contributed by atoms with Crippen LogP contribution in [0.2, 0.25) is 0 Å². The Morgan fingerprint density at radius 3 is 2.24 bits per heavy atom. The Balaban J connectivity index is 1.86. The van der Waals surface area contributed by atoms with Crippen molar-refractivity contribution in [3.8, 4) is 0 Å². The summed E-state index contributed by atoms with van der Waals surface area (Å²) < 4.78 is 0. The van der Waals surface area contributed by atoms with E-state index in [9.17, 15) is 4.79 Å². The fourth-order valence-corrected chi connectivity index (χ4v) is 3.29. The Hall–Kier alpha value is -1.55. The summed E-state index contributed by atoms with van der Waals surface area (Å²) >= 11 is 0. The summed E-state index contributed by atoms with van der Waals surface area (Å²) in [5, 5.41) is 5.98. The van der Waals surface area contributed by atoms with Gasteiger partial charge in [0.25, 0.3) is 0 Å². The summed E-state index contributed by atoms with van der Waals surface area (Å²) in [4.78, 5) is 12.1. The van der Waals surface area contributed by atoms with Crippen molar-refractivity contribution in [3.63, 3.8) is 0 Å². The first-order chi connectivity index (χ1) is 9.94. The maximum absolute atomic E-state index is 12.1.